The Morgan fingerprint density at radius 2 is 1.09 bits per heavy atom. The van der Waals surface area contributed by atoms with E-state index in [-0.39, 0.29) is 13.2 Å². The van der Waals surface area contributed by atoms with Crippen LogP contribution in [0, 0.1) is 0 Å². The Kier molecular flexibility index (Phi) is 10.5. The summed E-state index contributed by atoms with van der Waals surface area (Å²) in [6, 6.07) is 15.4. The van der Waals surface area contributed by atoms with E-state index in [4.69, 9.17) is 9.47 Å². The second-order valence-electron chi connectivity index (χ2n) is 10.3. The molecule has 0 atom stereocenters. The molecule has 0 aliphatic rings. The summed E-state index contributed by atoms with van der Waals surface area (Å²) in [6.07, 6.45) is 9.12. The van der Waals surface area contributed by atoms with Crippen LogP contribution >= 0.6 is 22.7 Å². The fraction of sp³-hybridized carbons (Fsp3) is 0.226. The van der Waals surface area contributed by atoms with Crippen molar-refractivity contribution in [3.63, 3.8) is 0 Å². The molecule has 0 saturated carbocycles. The number of carbonyl (C=O) groups excluding carboxylic acids is 2. The molecular formula is C31H30N10O4S2. The Bertz CT molecular complexity index is 1660. The van der Waals surface area contributed by atoms with Crippen molar-refractivity contribution in [3.8, 4) is 11.4 Å². The quantitative estimate of drug-likeness (QED) is 0.153. The maximum absolute atomic E-state index is 13.3. The van der Waals surface area contributed by atoms with E-state index < -0.39 is 12.2 Å². The number of benzene rings is 2. The maximum Gasteiger partial charge on any atom is 0.410 e. The molecule has 2 amide bonds. The Labute approximate surface area is 277 Å². The number of hydrogen-bond donors (Lipinski definition) is 0. The molecule has 6 aromatic rings. The molecule has 0 N–H and O–H groups in total. The monoisotopic (exact) mass is 670 g/mol. The summed E-state index contributed by atoms with van der Waals surface area (Å²) in [4.78, 5) is 47.7. The Morgan fingerprint density at radius 3 is 1.45 bits per heavy atom. The largest absolute Gasteiger partial charge is 0.444 e. The van der Waals surface area contributed by atoms with Crippen molar-refractivity contribution in [2.75, 3.05) is 13.1 Å². The molecule has 47 heavy (non-hydrogen) atoms. The van der Waals surface area contributed by atoms with Crippen LogP contribution < -0.4 is 0 Å². The van der Waals surface area contributed by atoms with Gasteiger partial charge in [-0.2, -0.15) is 10.2 Å². The van der Waals surface area contributed by atoms with Crippen molar-refractivity contribution in [2.24, 2.45) is 0 Å². The van der Waals surface area contributed by atoms with Gasteiger partial charge in [-0.05, 0) is 41.8 Å². The number of rotatable bonds is 14. The molecule has 0 bridgehead atoms. The zero-order valence-corrected chi connectivity index (χ0v) is 26.7. The number of nitrogens with zero attached hydrogens (tertiary/aromatic N) is 10. The molecule has 0 radical (unpaired) electrons. The summed E-state index contributed by atoms with van der Waals surface area (Å²) in [6.45, 7) is 1.58. The van der Waals surface area contributed by atoms with Crippen molar-refractivity contribution in [2.45, 2.75) is 32.7 Å². The molecule has 0 aliphatic heterocycles. The zero-order chi connectivity index (χ0) is 32.3. The van der Waals surface area contributed by atoms with E-state index in [9.17, 15) is 9.59 Å². The summed E-state index contributed by atoms with van der Waals surface area (Å²) in [5, 5.41) is 8.33. The third-order valence-corrected chi connectivity index (χ3v) is 8.51. The number of thiazole rings is 2. The van der Waals surface area contributed by atoms with Crippen LogP contribution in [0.3, 0.4) is 0 Å². The maximum atomic E-state index is 13.3. The average Bonchev–Trinajstić information content (AvgIpc) is 3.94. The molecule has 6 rings (SSSR count). The second kappa shape index (κ2) is 15.7. The minimum Gasteiger partial charge on any atom is -0.444 e. The molecule has 0 aliphatic carbocycles. The minimum atomic E-state index is -0.457. The van der Waals surface area contributed by atoms with Gasteiger partial charge in [0.25, 0.3) is 0 Å². The van der Waals surface area contributed by atoms with Crippen LogP contribution in [0.4, 0.5) is 9.59 Å². The predicted octanol–water partition coefficient (Wildman–Crippen LogP) is 5.13. The van der Waals surface area contributed by atoms with Crippen LogP contribution in [0.25, 0.3) is 11.4 Å². The molecule has 2 aromatic carbocycles. The molecule has 0 spiro atoms. The number of hydrogen-bond acceptors (Lipinski definition) is 12. The van der Waals surface area contributed by atoms with Gasteiger partial charge in [-0.1, -0.05) is 24.3 Å². The number of ether oxygens (including phenoxy) is 2. The van der Waals surface area contributed by atoms with Gasteiger partial charge in [0.1, 0.15) is 38.5 Å². The topological polar surface area (TPSA) is 146 Å². The summed E-state index contributed by atoms with van der Waals surface area (Å²) in [5.41, 5.74) is 6.93. The molecule has 0 unspecified atom stereocenters. The lowest BCUT2D eigenvalue weighted by Crippen LogP contribution is -2.36. The third kappa shape index (κ3) is 8.83. The molecule has 16 heteroatoms. The predicted molar refractivity (Wildman–Crippen MR) is 173 cm³/mol. The lowest BCUT2D eigenvalue weighted by Gasteiger charge is -2.26. The minimum absolute atomic E-state index is 0.131. The van der Waals surface area contributed by atoms with Crippen molar-refractivity contribution in [1.29, 1.82) is 0 Å². The van der Waals surface area contributed by atoms with Gasteiger partial charge >= 0.3 is 12.2 Å². The third-order valence-electron chi connectivity index (χ3n) is 7.00. The molecule has 240 valence electrons. The van der Waals surface area contributed by atoms with Gasteiger partial charge < -0.3 is 19.3 Å². The van der Waals surface area contributed by atoms with Crippen LogP contribution in [-0.2, 0) is 35.8 Å². The van der Waals surface area contributed by atoms with E-state index in [0.29, 0.717) is 32.6 Å². The standard InChI is InChI=1S/C31H30N10O4S2/c42-30(44-16-28-12-32-22-46-28)38(14-24-2-6-26(7-3-24)40-20-34-18-36-40)10-1-11-39(31(43)45-17-29-13-33-23-47-29)15-25-4-8-27(9-5-25)41-21-35-19-37-41/h2-9,12-13,18-23H,1,10-11,14-17H2. The van der Waals surface area contributed by atoms with Crippen LogP contribution in [0.1, 0.15) is 27.3 Å². The highest BCUT2D eigenvalue weighted by atomic mass is 32.1. The van der Waals surface area contributed by atoms with Gasteiger partial charge in [-0.25, -0.2) is 28.9 Å². The van der Waals surface area contributed by atoms with Crippen LogP contribution in [0.2, 0.25) is 0 Å². The molecule has 14 nitrogen and oxygen atoms in total. The lowest BCUT2D eigenvalue weighted by molar-refractivity contribution is 0.0850. The van der Waals surface area contributed by atoms with E-state index >= 15 is 0 Å². The van der Waals surface area contributed by atoms with Gasteiger partial charge in [-0.3, -0.25) is 9.97 Å². The molecule has 4 heterocycles. The smallest absolute Gasteiger partial charge is 0.410 e. The van der Waals surface area contributed by atoms with Gasteiger partial charge in [0.2, 0.25) is 0 Å². The normalized spacial score (nSPS) is 10.9. The van der Waals surface area contributed by atoms with E-state index in [2.05, 4.69) is 30.1 Å². The molecule has 4 aromatic heterocycles. The first kappa shape index (κ1) is 31.5. The Morgan fingerprint density at radius 1 is 0.638 bits per heavy atom. The van der Waals surface area contributed by atoms with Crippen LogP contribution in [-0.4, -0.2) is 74.6 Å². The lowest BCUT2D eigenvalue weighted by atomic mass is 10.2. The first-order valence-electron chi connectivity index (χ1n) is 14.6. The van der Waals surface area contributed by atoms with E-state index in [1.807, 2.05) is 48.5 Å². The van der Waals surface area contributed by atoms with Crippen LogP contribution in [0.5, 0.6) is 0 Å². The van der Waals surface area contributed by atoms with Gasteiger partial charge in [0.05, 0.1) is 32.2 Å². The molecule has 0 fully saturated rings. The fourth-order valence-corrected chi connectivity index (χ4v) is 5.64. The van der Waals surface area contributed by atoms with Gasteiger partial charge in [0.15, 0.2) is 0 Å². The summed E-state index contributed by atoms with van der Waals surface area (Å²) in [5.74, 6) is 0. The van der Waals surface area contributed by atoms with Crippen molar-refractivity contribution < 1.29 is 19.1 Å². The number of aromatic nitrogens is 8. The van der Waals surface area contributed by atoms with Crippen LogP contribution in [0.15, 0.2) is 97.3 Å². The van der Waals surface area contributed by atoms with E-state index in [0.717, 1.165) is 32.3 Å². The van der Waals surface area contributed by atoms with Crippen molar-refractivity contribution in [3.05, 3.63) is 118 Å². The summed E-state index contributed by atoms with van der Waals surface area (Å²) in [7, 11) is 0. The fourth-order valence-electron chi connectivity index (χ4n) is 4.63. The van der Waals surface area contributed by atoms with Gasteiger partial charge in [0, 0.05) is 38.6 Å². The first-order chi connectivity index (χ1) is 23.1. The summed E-state index contributed by atoms with van der Waals surface area (Å²) < 4.78 is 14.6. The SMILES string of the molecule is O=C(OCc1cncs1)N(CCCN(Cc1ccc(-n2cncn2)cc1)C(=O)OCc1cncs1)Cc1ccc(-n2cncn2)cc1. The van der Waals surface area contributed by atoms with Gasteiger partial charge in [-0.15, -0.1) is 22.7 Å². The number of amides is 2. The van der Waals surface area contributed by atoms with Crippen molar-refractivity contribution in [1.82, 2.24) is 49.3 Å². The highest BCUT2D eigenvalue weighted by Crippen LogP contribution is 2.16. The molecule has 0 saturated heterocycles. The highest BCUT2D eigenvalue weighted by molar-refractivity contribution is 7.09. The van der Waals surface area contributed by atoms with E-state index in [1.165, 1.54) is 35.3 Å². The Hall–Kier alpha value is -5.48. The second-order valence-corrected chi connectivity index (χ2v) is 12.2. The highest BCUT2D eigenvalue weighted by Gasteiger charge is 2.20. The zero-order valence-electron chi connectivity index (χ0n) is 25.1. The van der Waals surface area contributed by atoms with Crippen molar-refractivity contribution >= 4 is 34.9 Å². The number of carbonyl (C=O) groups is 2. The summed E-state index contributed by atoms with van der Waals surface area (Å²) >= 11 is 2.84. The first-order valence-corrected chi connectivity index (χ1v) is 16.3. The average molecular weight is 671 g/mol. The Balaban J connectivity index is 1.12. The van der Waals surface area contributed by atoms with E-state index in [1.54, 1.807) is 55.2 Å². The molecular weight excluding hydrogens is 641 g/mol.